The Morgan fingerprint density at radius 3 is 3.21 bits per heavy atom. The number of aryl methyl sites for hydroxylation is 1. The normalized spacial score (nSPS) is 20.3. The number of hydrogen-bond acceptors (Lipinski definition) is 2. The van der Waals surface area contributed by atoms with Gasteiger partial charge in [-0.3, -0.25) is 0 Å². The molecule has 1 unspecified atom stereocenters. The lowest BCUT2D eigenvalue weighted by Crippen LogP contribution is -1.93. The molecular formula is C10H9FN2O. The molecule has 1 atom stereocenters. The highest BCUT2D eigenvalue weighted by atomic mass is 19.1. The molecule has 3 nitrogen and oxygen atoms in total. The van der Waals surface area contributed by atoms with E-state index in [9.17, 15) is 9.50 Å². The van der Waals surface area contributed by atoms with E-state index in [-0.39, 0.29) is 5.82 Å². The van der Waals surface area contributed by atoms with Crippen molar-refractivity contribution in [1.82, 2.24) is 9.55 Å². The molecule has 0 radical (unpaired) electrons. The van der Waals surface area contributed by atoms with E-state index in [4.69, 9.17) is 0 Å². The van der Waals surface area contributed by atoms with Crippen LogP contribution < -0.4 is 0 Å². The van der Waals surface area contributed by atoms with E-state index >= 15 is 0 Å². The zero-order chi connectivity index (χ0) is 9.71. The van der Waals surface area contributed by atoms with Gasteiger partial charge in [0.25, 0.3) is 0 Å². The zero-order valence-electron chi connectivity index (χ0n) is 7.44. The lowest BCUT2D eigenvalue weighted by molar-refractivity contribution is 0.176. The SMILES string of the molecule is OC1CCn2c1nc1ccc(F)cc12. The highest BCUT2D eigenvalue weighted by Crippen LogP contribution is 2.29. The maximum Gasteiger partial charge on any atom is 0.138 e. The smallest absolute Gasteiger partial charge is 0.138 e. The Labute approximate surface area is 79.8 Å². The number of aliphatic hydroxyl groups is 1. The number of halogens is 1. The van der Waals surface area contributed by atoms with E-state index in [0.717, 1.165) is 17.6 Å². The molecule has 4 heteroatoms. The fourth-order valence-corrected chi connectivity index (χ4v) is 1.98. The van der Waals surface area contributed by atoms with Gasteiger partial charge in [0.1, 0.15) is 17.7 Å². The van der Waals surface area contributed by atoms with Crippen molar-refractivity contribution in [1.29, 1.82) is 0 Å². The lowest BCUT2D eigenvalue weighted by atomic mass is 10.3. The number of imidazole rings is 1. The van der Waals surface area contributed by atoms with E-state index < -0.39 is 6.10 Å². The van der Waals surface area contributed by atoms with E-state index in [2.05, 4.69) is 4.98 Å². The summed E-state index contributed by atoms with van der Waals surface area (Å²) in [6.07, 6.45) is 0.180. The first-order valence-electron chi connectivity index (χ1n) is 4.59. The number of rotatable bonds is 0. The first-order chi connectivity index (χ1) is 6.75. The minimum atomic E-state index is -0.495. The summed E-state index contributed by atoms with van der Waals surface area (Å²) in [6.45, 7) is 0.719. The summed E-state index contributed by atoms with van der Waals surface area (Å²) >= 11 is 0. The maximum absolute atomic E-state index is 13.0. The number of benzene rings is 1. The van der Waals surface area contributed by atoms with Crippen LogP contribution in [-0.2, 0) is 6.54 Å². The molecule has 0 saturated carbocycles. The summed E-state index contributed by atoms with van der Waals surface area (Å²) in [4.78, 5) is 4.26. The molecule has 0 fully saturated rings. The van der Waals surface area contributed by atoms with Crippen LogP contribution in [-0.4, -0.2) is 14.7 Å². The van der Waals surface area contributed by atoms with Crippen molar-refractivity contribution in [3.05, 3.63) is 29.8 Å². The van der Waals surface area contributed by atoms with Crippen molar-refractivity contribution in [2.75, 3.05) is 0 Å². The van der Waals surface area contributed by atoms with Crippen LogP contribution >= 0.6 is 0 Å². The van der Waals surface area contributed by atoms with Crippen LogP contribution in [0.3, 0.4) is 0 Å². The summed E-state index contributed by atoms with van der Waals surface area (Å²) in [6, 6.07) is 4.49. The monoisotopic (exact) mass is 192 g/mol. The first kappa shape index (κ1) is 7.94. The summed E-state index contributed by atoms with van der Waals surface area (Å²) in [5.74, 6) is 0.396. The van der Waals surface area contributed by atoms with E-state index in [1.807, 2.05) is 4.57 Å². The van der Waals surface area contributed by atoms with Crippen molar-refractivity contribution < 1.29 is 9.50 Å². The second kappa shape index (κ2) is 2.54. The van der Waals surface area contributed by atoms with Crippen molar-refractivity contribution in [2.45, 2.75) is 19.1 Å². The highest BCUT2D eigenvalue weighted by Gasteiger charge is 2.24. The Kier molecular flexibility index (Phi) is 1.44. The van der Waals surface area contributed by atoms with Crippen LogP contribution in [0.5, 0.6) is 0 Å². The molecule has 0 amide bonds. The number of fused-ring (bicyclic) bond motifs is 3. The third kappa shape index (κ3) is 0.915. The molecule has 3 rings (SSSR count). The predicted octanol–water partition coefficient (Wildman–Crippen LogP) is 1.61. The van der Waals surface area contributed by atoms with Crippen molar-refractivity contribution in [3.8, 4) is 0 Å². The lowest BCUT2D eigenvalue weighted by Gasteiger charge is -1.96. The Balaban J connectivity index is 2.36. The van der Waals surface area contributed by atoms with Gasteiger partial charge < -0.3 is 9.67 Å². The summed E-state index contributed by atoms with van der Waals surface area (Å²) in [5.41, 5.74) is 1.52. The molecule has 1 aromatic heterocycles. The molecule has 1 aliphatic heterocycles. The largest absolute Gasteiger partial charge is 0.385 e. The molecule has 0 saturated heterocycles. The minimum Gasteiger partial charge on any atom is -0.385 e. The summed E-state index contributed by atoms with van der Waals surface area (Å²) < 4.78 is 14.9. The first-order valence-corrected chi connectivity index (χ1v) is 4.59. The standard InChI is InChI=1S/C10H9FN2O/c11-6-1-2-7-8(5-6)13-4-3-9(14)10(13)12-7/h1-2,5,9,14H,3-4H2. The third-order valence-electron chi connectivity index (χ3n) is 2.66. The van der Waals surface area contributed by atoms with Crippen molar-refractivity contribution >= 4 is 11.0 Å². The zero-order valence-corrected chi connectivity index (χ0v) is 7.44. The van der Waals surface area contributed by atoms with Gasteiger partial charge in [-0.25, -0.2) is 9.37 Å². The van der Waals surface area contributed by atoms with E-state index in [1.165, 1.54) is 12.1 Å². The molecular weight excluding hydrogens is 183 g/mol. The highest BCUT2D eigenvalue weighted by molar-refractivity contribution is 5.76. The molecule has 1 aromatic carbocycles. The van der Waals surface area contributed by atoms with Crippen LogP contribution in [0.2, 0.25) is 0 Å². The van der Waals surface area contributed by atoms with Gasteiger partial charge in [0.05, 0.1) is 11.0 Å². The van der Waals surface area contributed by atoms with Crippen LogP contribution in [0, 0.1) is 5.82 Å². The van der Waals surface area contributed by atoms with Gasteiger partial charge in [-0.2, -0.15) is 0 Å². The molecule has 2 heterocycles. The number of nitrogens with zero attached hydrogens (tertiary/aromatic N) is 2. The van der Waals surface area contributed by atoms with Crippen molar-refractivity contribution in [2.24, 2.45) is 0 Å². The van der Waals surface area contributed by atoms with Crippen LogP contribution in [0.15, 0.2) is 18.2 Å². The number of aromatic nitrogens is 2. The average Bonchev–Trinajstić information content (AvgIpc) is 2.67. The van der Waals surface area contributed by atoms with Gasteiger partial charge in [0, 0.05) is 6.54 Å². The molecule has 1 aliphatic rings. The van der Waals surface area contributed by atoms with Gasteiger partial charge in [0.15, 0.2) is 0 Å². The second-order valence-corrected chi connectivity index (χ2v) is 3.56. The average molecular weight is 192 g/mol. The Hall–Kier alpha value is -1.42. The van der Waals surface area contributed by atoms with Crippen LogP contribution in [0.1, 0.15) is 18.3 Å². The van der Waals surface area contributed by atoms with Gasteiger partial charge in [0.2, 0.25) is 0 Å². The van der Waals surface area contributed by atoms with Crippen molar-refractivity contribution in [3.63, 3.8) is 0 Å². The molecule has 14 heavy (non-hydrogen) atoms. The van der Waals surface area contributed by atoms with E-state index in [0.29, 0.717) is 12.2 Å². The second-order valence-electron chi connectivity index (χ2n) is 3.56. The van der Waals surface area contributed by atoms with Gasteiger partial charge in [-0.1, -0.05) is 0 Å². The molecule has 72 valence electrons. The Morgan fingerprint density at radius 2 is 2.36 bits per heavy atom. The van der Waals surface area contributed by atoms with Gasteiger partial charge >= 0.3 is 0 Å². The van der Waals surface area contributed by atoms with E-state index in [1.54, 1.807) is 6.07 Å². The predicted molar refractivity (Wildman–Crippen MR) is 49.3 cm³/mol. The molecule has 0 bridgehead atoms. The Morgan fingerprint density at radius 1 is 1.50 bits per heavy atom. The number of hydrogen-bond donors (Lipinski definition) is 1. The minimum absolute atomic E-state index is 0.262. The number of aliphatic hydroxyl groups excluding tert-OH is 1. The fraction of sp³-hybridized carbons (Fsp3) is 0.300. The van der Waals surface area contributed by atoms with Gasteiger partial charge in [-0.05, 0) is 24.6 Å². The summed E-state index contributed by atoms with van der Waals surface area (Å²) in [5, 5.41) is 9.57. The molecule has 0 spiro atoms. The molecule has 2 aromatic rings. The quantitative estimate of drug-likeness (QED) is 0.688. The van der Waals surface area contributed by atoms with Crippen LogP contribution in [0.25, 0.3) is 11.0 Å². The maximum atomic E-state index is 13.0. The third-order valence-corrected chi connectivity index (χ3v) is 2.66. The molecule has 0 aliphatic carbocycles. The van der Waals surface area contributed by atoms with Gasteiger partial charge in [-0.15, -0.1) is 0 Å². The topological polar surface area (TPSA) is 38.0 Å². The Bertz CT molecular complexity index is 506. The fourth-order valence-electron chi connectivity index (χ4n) is 1.98. The molecule has 1 N–H and O–H groups in total. The van der Waals surface area contributed by atoms with Crippen LogP contribution in [0.4, 0.5) is 4.39 Å². The summed E-state index contributed by atoms with van der Waals surface area (Å²) in [7, 11) is 0.